The minimum absolute atomic E-state index is 0.0850. The van der Waals surface area contributed by atoms with Crippen LogP contribution in [-0.4, -0.2) is 28.3 Å². The van der Waals surface area contributed by atoms with E-state index in [1.165, 1.54) is 29.4 Å². The SMILES string of the molecule is Cn1ncnc1S(=O)(=O)Cc1cc(-c2cccs2)on1. The molecule has 0 N–H and O–H groups in total. The molecule has 0 aliphatic heterocycles. The van der Waals surface area contributed by atoms with E-state index in [2.05, 4.69) is 15.2 Å². The second kappa shape index (κ2) is 4.84. The number of sulfone groups is 1. The van der Waals surface area contributed by atoms with Crippen LogP contribution in [0.1, 0.15) is 5.69 Å². The van der Waals surface area contributed by atoms with Crippen LogP contribution >= 0.6 is 11.3 Å². The summed E-state index contributed by atoms with van der Waals surface area (Å²) in [5.41, 5.74) is 0.344. The number of thiophene rings is 1. The van der Waals surface area contributed by atoms with Gasteiger partial charge in [-0.1, -0.05) is 11.2 Å². The minimum atomic E-state index is -3.59. The van der Waals surface area contributed by atoms with Gasteiger partial charge < -0.3 is 4.52 Å². The molecule has 0 bridgehead atoms. The Bertz CT molecular complexity index is 818. The normalized spacial score (nSPS) is 11.8. The standard InChI is InChI=1S/C11H10N4O3S2/c1-15-11(12-7-13-15)20(16,17)6-8-5-9(18-14-8)10-3-2-4-19-10/h2-5,7H,6H2,1H3. The lowest BCUT2D eigenvalue weighted by Crippen LogP contribution is -2.11. The van der Waals surface area contributed by atoms with Gasteiger partial charge in [0.15, 0.2) is 5.76 Å². The summed E-state index contributed by atoms with van der Waals surface area (Å²) in [6, 6.07) is 5.39. The van der Waals surface area contributed by atoms with Crippen LogP contribution < -0.4 is 0 Å². The van der Waals surface area contributed by atoms with E-state index in [1.54, 1.807) is 6.07 Å². The first-order valence-corrected chi connectivity index (χ1v) is 8.16. The van der Waals surface area contributed by atoms with Gasteiger partial charge in [-0.25, -0.2) is 18.1 Å². The van der Waals surface area contributed by atoms with Crippen molar-refractivity contribution in [3.8, 4) is 10.6 Å². The topological polar surface area (TPSA) is 90.9 Å². The molecule has 0 fully saturated rings. The maximum atomic E-state index is 12.2. The largest absolute Gasteiger partial charge is 0.355 e. The van der Waals surface area contributed by atoms with Crippen molar-refractivity contribution in [2.24, 2.45) is 7.05 Å². The summed E-state index contributed by atoms with van der Waals surface area (Å²) < 4.78 is 30.7. The zero-order valence-electron chi connectivity index (χ0n) is 10.4. The van der Waals surface area contributed by atoms with Crippen molar-refractivity contribution in [1.82, 2.24) is 19.9 Å². The minimum Gasteiger partial charge on any atom is -0.355 e. The van der Waals surface area contributed by atoms with Crippen molar-refractivity contribution in [3.05, 3.63) is 35.6 Å². The summed E-state index contributed by atoms with van der Waals surface area (Å²) in [6.45, 7) is 0. The number of nitrogens with zero attached hydrogens (tertiary/aromatic N) is 4. The van der Waals surface area contributed by atoms with Crippen molar-refractivity contribution in [3.63, 3.8) is 0 Å². The molecule has 7 nitrogen and oxygen atoms in total. The van der Waals surface area contributed by atoms with E-state index >= 15 is 0 Å². The van der Waals surface area contributed by atoms with Gasteiger partial charge in [0.05, 0.1) is 10.6 Å². The summed E-state index contributed by atoms with van der Waals surface area (Å²) in [5, 5.41) is 9.37. The number of aromatic nitrogens is 4. The van der Waals surface area contributed by atoms with Crippen molar-refractivity contribution >= 4 is 21.2 Å². The third-order valence-electron chi connectivity index (χ3n) is 2.61. The van der Waals surface area contributed by atoms with Crippen molar-refractivity contribution in [2.75, 3.05) is 0 Å². The highest BCUT2D eigenvalue weighted by Gasteiger charge is 2.23. The van der Waals surface area contributed by atoms with Gasteiger partial charge in [-0.3, -0.25) is 0 Å². The fourth-order valence-corrected chi connectivity index (χ4v) is 3.73. The highest BCUT2D eigenvalue weighted by molar-refractivity contribution is 7.90. The average molecular weight is 310 g/mol. The Balaban J connectivity index is 1.87. The Morgan fingerprint density at radius 3 is 2.95 bits per heavy atom. The molecule has 0 unspecified atom stereocenters. The van der Waals surface area contributed by atoms with Gasteiger partial charge >= 0.3 is 0 Å². The Morgan fingerprint density at radius 1 is 1.45 bits per heavy atom. The van der Waals surface area contributed by atoms with E-state index in [4.69, 9.17) is 4.52 Å². The van der Waals surface area contributed by atoms with Crippen LogP contribution in [-0.2, 0) is 22.6 Å². The Morgan fingerprint density at radius 2 is 2.30 bits per heavy atom. The number of aryl methyl sites for hydroxylation is 1. The van der Waals surface area contributed by atoms with Gasteiger partial charge in [0.25, 0.3) is 0 Å². The maximum absolute atomic E-state index is 12.2. The number of hydrogen-bond acceptors (Lipinski definition) is 7. The van der Waals surface area contributed by atoms with Crippen LogP contribution in [0.4, 0.5) is 0 Å². The van der Waals surface area contributed by atoms with E-state index in [-0.39, 0.29) is 10.9 Å². The average Bonchev–Trinajstić information content (AvgIpc) is 3.06. The van der Waals surface area contributed by atoms with Crippen molar-refractivity contribution in [2.45, 2.75) is 10.9 Å². The second-order valence-corrected chi connectivity index (χ2v) is 6.92. The van der Waals surface area contributed by atoms with Gasteiger partial charge in [-0.05, 0) is 11.4 Å². The van der Waals surface area contributed by atoms with Gasteiger partial charge in [0.1, 0.15) is 12.1 Å². The fourth-order valence-electron chi connectivity index (χ4n) is 1.74. The third kappa shape index (κ3) is 2.37. The second-order valence-electron chi connectivity index (χ2n) is 4.09. The smallest absolute Gasteiger partial charge is 0.245 e. The molecule has 3 aromatic rings. The molecule has 3 rings (SSSR count). The summed E-state index contributed by atoms with van der Waals surface area (Å²) >= 11 is 1.50. The van der Waals surface area contributed by atoms with Crippen molar-refractivity contribution in [1.29, 1.82) is 0 Å². The van der Waals surface area contributed by atoms with Crippen molar-refractivity contribution < 1.29 is 12.9 Å². The quantitative estimate of drug-likeness (QED) is 0.725. The summed E-state index contributed by atoms with van der Waals surface area (Å²) in [7, 11) is -2.06. The highest BCUT2D eigenvalue weighted by Crippen LogP contribution is 2.26. The summed E-state index contributed by atoms with van der Waals surface area (Å²) in [6.07, 6.45) is 1.20. The van der Waals surface area contributed by atoms with Crippen LogP contribution in [0, 0.1) is 0 Å². The molecule has 0 aromatic carbocycles. The van der Waals surface area contributed by atoms with Crippen LogP contribution in [0.5, 0.6) is 0 Å². The van der Waals surface area contributed by atoms with Gasteiger partial charge in [-0.15, -0.1) is 11.3 Å². The monoisotopic (exact) mass is 310 g/mol. The first kappa shape index (κ1) is 13.0. The molecule has 0 atom stereocenters. The highest BCUT2D eigenvalue weighted by atomic mass is 32.2. The summed E-state index contributed by atoms with van der Waals surface area (Å²) in [4.78, 5) is 4.65. The van der Waals surface area contributed by atoms with Gasteiger partial charge in [0.2, 0.25) is 15.0 Å². The van der Waals surface area contributed by atoms with Gasteiger partial charge in [0, 0.05) is 13.1 Å². The van der Waals surface area contributed by atoms with Crippen LogP contribution in [0.3, 0.4) is 0 Å². The Labute approximate surface area is 118 Å². The first-order chi connectivity index (χ1) is 9.56. The van der Waals surface area contributed by atoms with E-state index in [9.17, 15) is 8.42 Å². The third-order valence-corrected chi connectivity index (χ3v) is 5.10. The van der Waals surface area contributed by atoms with Crippen LogP contribution in [0.25, 0.3) is 10.6 Å². The molecule has 3 aromatic heterocycles. The Hall–Kier alpha value is -2.00. The number of hydrogen-bond donors (Lipinski definition) is 0. The van der Waals surface area contributed by atoms with E-state index < -0.39 is 9.84 Å². The maximum Gasteiger partial charge on any atom is 0.245 e. The Kier molecular flexibility index (Phi) is 3.14. The fraction of sp³-hybridized carbons (Fsp3) is 0.182. The first-order valence-electron chi connectivity index (χ1n) is 5.62. The molecule has 0 aliphatic rings. The molecule has 20 heavy (non-hydrogen) atoms. The zero-order valence-corrected chi connectivity index (χ0v) is 12.1. The molecule has 0 aliphatic carbocycles. The lowest BCUT2D eigenvalue weighted by Gasteiger charge is -1.99. The lowest BCUT2D eigenvalue weighted by atomic mass is 10.3. The molecule has 0 saturated heterocycles. The molecule has 0 spiro atoms. The number of rotatable bonds is 4. The van der Waals surface area contributed by atoms with Crippen LogP contribution in [0.15, 0.2) is 39.6 Å². The molecule has 0 amide bonds. The lowest BCUT2D eigenvalue weighted by molar-refractivity contribution is 0.426. The zero-order chi connectivity index (χ0) is 14.2. The molecule has 104 valence electrons. The van der Waals surface area contributed by atoms with E-state index in [0.29, 0.717) is 11.5 Å². The van der Waals surface area contributed by atoms with E-state index in [0.717, 1.165) is 4.88 Å². The van der Waals surface area contributed by atoms with Crippen LogP contribution in [0.2, 0.25) is 0 Å². The molecule has 0 saturated carbocycles. The van der Waals surface area contributed by atoms with E-state index in [1.807, 2.05) is 17.5 Å². The molecule has 0 radical (unpaired) electrons. The molecule has 9 heteroatoms. The predicted molar refractivity (Wildman–Crippen MR) is 71.7 cm³/mol. The molecular formula is C11H10N4O3S2. The molecule has 3 heterocycles. The predicted octanol–water partition coefficient (Wildman–Crippen LogP) is 1.51. The summed E-state index contributed by atoms with van der Waals surface area (Å²) in [5.74, 6) is 0.289. The van der Waals surface area contributed by atoms with Gasteiger partial charge in [-0.2, -0.15) is 5.10 Å². The molecular weight excluding hydrogens is 300 g/mol.